The van der Waals surface area contributed by atoms with Crippen LogP contribution in [0.15, 0.2) is 83.5 Å². The van der Waals surface area contributed by atoms with Gasteiger partial charge in [0, 0.05) is 57.7 Å². The molecule has 0 bridgehead atoms. The van der Waals surface area contributed by atoms with Gasteiger partial charge >= 0.3 is 0 Å². The van der Waals surface area contributed by atoms with E-state index in [1.165, 1.54) is 11.3 Å². The van der Waals surface area contributed by atoms with Crippen LogP contribution < -0.4 is 20.7 Å². The number of hydrogen-bond donors (Lipinski definition) is 4. The van der Waals surface area contributed by atoms with Crippen LogP contribution in [0.2, 0.25) is 0 Å². The zero-order chi connectivity index (χ0) is 29.9. The van der Waals surface area contributed by atoms with E-state index in [-0.39, 0.29) is 4.90 Å². The number of nitrogens with one attached hydrogen (secondary N) is 4. The Morgan fingerprint density at radius 1 is 0.833 bits per heavy atom. The fourth-order valence-electron chi connectivity index (χ4n) is 4.03. The van der Waals surface area contributed by atoms with Gasteiger partial charge in [-0.15, -0.1) is 11.3 Å². The molecule has 10 nitrogen and oxygen atoms in total. The van der Waals surface area contributed by atoms with Crippen LogP contribution >= 0.6 is 11.3 Å². The molecule has 3 aromatic heterocycles. The molecule has 0 saturated carbocycles. The van der Waals surface area contributed by atoms with Crippen LogP contribution in [0.3, 0.4) is 0 Å². The summed E-state index contributed by atoms with van der Waals surface area (Å²) in [5, 5.41) is 12.7. The normalized spacial score (nSPS) is 11.7. The van der Waals surface area contributed by atoms with Crippen molar-refractivity contribution in [3.63, 3.8) is 0 Å². The maximum absolute atomic E-state index is 12.8. The van der Waals surface area contributed by atoms with Crippen molar-refractivity contribution in [2.75, 3.05) is 16.0 Å². The summed E-state index contributed by atoms with van der Waals surface area (Å²) in [6, 6.07) is 16.4. The van der Waals surface area contributed by atoms with Gasteiger partial charge in [0.05, 0.1) is 10.6 Å². The summed E-state index contributed by atoms with van der Waals surface area (Å²) in [4.78, 5) is 18.1. The van der Waals surface area contributed by atoms with Gasteiger partial charge in [-0.1, -0.05) is 12.1 Å². The molecule has 0 atom stereocenters. The molecule has 0 aliphatic heterocycles. The van der Waals surface area contributed by atoms with Crippen LogP contribution in [0.4, 0.5) is 34.0 Å². The average molecular weight is 601 g/mol. The van der Waals surface area contributed by atoms with E-state index in [2.05, 4.69) is 35.6 Å². The first-order chi connectivity index (χ1) is 19.9. The van der Waals surface area contributed by atoms with Crippen LogP contribution in [0.1, 0.15) is 31.9 Å². The summed E-state index contributed by atoms with van der Waals surface area (Å²) in [5.74, 6) is 0.950. The van der Waals surface area contributed by atoms with E-state index in [0.717, 1.165) is 38.9 Å². The number of aryl methyl sites for hydroxylation is 2. The Morgan fingerprint density at radius 2 is 1.64 bits per heavy atom. The van der Waals surface area contributed by atoms with Crippen LogP contribution in [-0.4, -0.2) is 33.9 Å². The largest absolute Gasteiger partial charge is 0.340 e. The van der Waals surface area contributed by atoms with Crippen LogP contribution in [0.5, 0.6) is 0 Å². The Labute approximate surface area is 249 Å². The van der Waals surface area contributed by atoms with E-state index in [9.17, 15) is 8.42 Å². The predicted octanol–water partition coefficient (Wildman–Crippen LogP) is 6.92. The molecule has 0 fully saturated rings. The highest BCUT2D eigenvalue weighted by atomic mass is 32.2. The van der Waals surface area contributed by atoms with E-state index in [4.69, 9.17) is 4.98 Å². The predicted molar refractivity (Wildman–Crippen MR) is 170 cm³/mol. The van der Waals surface area contributed by atoms with Gasteiger partial charge in [0.25, 0.3) is 0 Å². The molecular weight excluding hydrogens is 569 g/mol. The Balaban J connectivity index is 1.32. The monoisotopic (exact) mass is 600 g/mol. The van der Waals surface area contributed by atoms with Crippen LogP contribution in [0, 0.1) is 13.8 Å². The molecule has 42 heavy (non-hydrogen) atoms. The van der Waals surface area contributed by atoms with Gasteiger partial charge < -0.3 is 16.0 Å². The maximum atomic E-state index is 12.8. The first-order valence-corrected chi connectivity index (χ1v) is 15.6. The summed E-state index contributed by atoms with van der Waals surface area (Å²) in [6.07, 6.45) is 5.25. The summed E-state index contributed by atoms with van der Waals surface area (Å²) in [5.41, 5.74) is 5.38. The molecule has 0 amide bonds. The number of benzene rings is 2. The Hall–Kier alpha value is -4.39. The zero-order valence-electron chi connectivity index (χ0n) is 23.9. The lowest BCUT2D eigenvalue weighted by Gasteiger charge is -2.20. The van der Waals surface area contributed by atoms with Gasteiger partial charge in [0.2, 0.25) is 16.0 Å². The summed E-state index contributed by atoms with van der Waals surface area (Å²) >= 11 is 1.52. The molecule has 0 aliphatic carbocycles. The number of rotatable bonds is 9. The number of pyridine rings is 1. The second-order valence-corrected chi connectivity index (χ2v) is 13.3. The SMILES string of the molecule is Cc1ccc(Nc2ncc(C)c(Nc3cccc(S(=O)(=O)NC(C)(C)C)c3)n2)cc1Nc1nc(-c2cccnc2)cs1. The number of thiazole rings is 1. The summed E-state index contributed by atoms with van der Waals surface area (Å²) in [7, 11) is -3.68. The van der Waals surface area contributed by atoms with Crippen molar-refractivity contribution in [3.05, 3.63) is 89.7 Å². The highest BCUT2D eigenvalue weighted by Crippen LogP contribution is 2.30. The highest BCUT2D eigenvalue weighted by molar-refractivity contribution is 7.89. The van der Waals surface area contributed by atoms with Crippen molar-refractivity contribution < 1.29 is 8.42 Å². The topological polar surface area (TPSA) is 134 Å². The second-order valence-electron chi connectivity index (χ2n) is 10.8. The van der Waals surface area contributed by atoms with E-state index < -0.39 is 15.6 Å². The van der Waals surface area contributed by atoms with Gasteiger partial charge in [-0.3, -0.25) is 4.98 Å². The minimum absolute atomic E-state index is 0.167. The molecule has 5 aromatic rings. The van der Waals surface area contributed by atoms with E-state index >= 15 is 0 Å². The van der Waals surface area contributed by atoms with Gasteiger partial charge in [0.15, 0.2) is 5.13 Å². The first-order valence-electron chi connectivity index (χ1n) is 13.2. The van der Waals surface area contributed by atoms with Gasteiger partial charge in [0.1, 0.15) is 5.82 Å². The number of hydrogen-bond acceptors (Lipinski definition) is 10. The summed E-state index contributed by atoms with van der Waals surface area (Å²) in [6.45, 7) is 9.32. The number of sulfonamides is 1. The minimum Gasteiger partial charge on any atom is -0.340 e. The molecule has 0 unspecified atom stereocenters. The third-order valence-corrected chi connectivity index (χ3v) is 8.53. The highest BCUT2D eigenvalue weighted by Gasteiger charge is 2.22. The molecule has 0 aliphatic rings. The van der Waals surface area contributed by atoms with E-state index in [1.807, 2.05) is 49.6 Å². The molecule has 216 valence electrons. The lowest BCUT2D eigenvalue weighted by molar-refractivity contribution is 0.491. The lowest BCUT2D eigenvalue weighted by Crippen LogP contribution is -2.40. The number of aromatic nitrogens is 4. The third kappa shape index (κ3) is 7.27. The van der Waals surface area contributed by atoms with Crippen LogP contribution in [0.25, 0.3) is 11.3 Å². The quantitative estimate of drug-likeness (QED) is 0.142. The summed E-state index contributed by atoms with van der Waals surface area (Å²) < 4.78 is 28.3. The lowest BCUT2D eigenvalue weighted by atomic mass is 10.1. The molecule has 5 rings (SSSR count). The smallest absolute Gasteiger partial charge is 0.241 e. The molecule has 3 heterocycles. The fraction of sp³-hybridized carbons (Fsp3) is 0.200. The molecule has 2 aromatic carbocycles. The standard InChI is InChI=1S/C30H32N8O2S2/c1-19-11-12-23(15-25(19)35-29-36-26(18-41-29)21-8-7-13-31-17-21)34-28-32-16-20(2)27(37-28)33-22-9-6-10-24(14-22)42(39,40)38-30(3,4)5/h6-18,38H,1-5H3,(H,35,36)(H2,32,33,34,37). The number of nitrogens with zero attached hydrogens (tertiary/aromatic N) is 4. The minimum atomic E-state index is -3.68. The van der Waals surface area contributed by atoms with E-state index in [1.54, 1.807) is 63.6 Å². The van der Waals surface area contributed by atoms with Gasteiger partial charge in [-0.2, -0.15) is 4.98 Å². The van der Waals surface area contributed by atoms with E-state index in [0.29, 0.717) is 17.5 Å². The molecule has 0 saturated heterocycles. The van der Waals surface area contributed by atoms with Crippen molar-refractivity contribution in [2.24, 2.45) is 0 Å². The molecule has 0 spiro atoms. The molecule has 0 radical (unpaired) electrons. The number of anilines is 6. The van der Waals surface area contributed by atoms with Crippen molar-refractivity contribution >= 4 is 55.3 Å². The van der Waals surface area contributed by atoms with Crippen molar-refractivity contribution in [2.45, 2.75) is 45.1 Å². The second kappa shape index (κ2) is 11.8. The fourth-order valence-corrected chi connectivity index (χ4v) is 6.22. The van der Waals surface area contributed by atoms with Gasteiger partial charge in [-0.05, 0) is 82.6 Å². The van der Waals surface area contributed by atoms with Crippen LogP contribution in [-0.2, 0) is 10.0 Å². The van der Waals surface area contributed by atoms with Crippen molar-refractivity contribution in [1.29, 1.82) is 0 Å². The average Bonchev–Trinajstić information content (AvgIpc) is 3.40. The maximum Gasteiger partial charge on any atom is 0.241 e. The zero-order valence-corrected chi connectivity index (χ0v) is 25.6. The third-order valence-electron chi connectivity index (χ3n) is 6.02. The Kier molecular flexibility index (Phi) is 8.21. The molecule has 4 N–H and O–H groups in total. The molecule has 12 heteroatoms. The Morgan fingerprint density at radius 3 is 2.40 bits per heavy atom. The van der Waals surface area contributed by atoms with Crippen molar-refractivity contribution in [3.8, 4) is 11.3 Å². The first kappa shape index (κ1) is 29.1. The van der Waals surface area contributed by atoms with Crippen molar-refractivity contribution in [1.82, 2.24) is 24.7 Å². The van der Waals surface area contributed by atoms with Gasteiger partial charge in [-0.25, -0.2) is 23.1 Å². The molecular formula is C30H32N8O2S2. The Bertz CT molecular complexity index is 1820.